The third-order valence-electron chi connectivity index (χ3n) is 3.40. The first-order valence-electron chi connectivity index (χ1n) is 6.41. The van der Waals surface area contributed by atoms with Crippen LogP contribution in [0.1, 0.15) is 27.3 Å². The fourth-order valence-electron chi connectivity index (χ4n) is 2.38. The molecule has 1 aliphatic rings. The quantitative estimate of drug-likeness (QED) is 0.852. The van der Waals surface area contributed by atoms with Crippen LogP contribution in [-0.2, 0) is 13.0 Å². The fraction of sp³-hybridized carbons (Fsp3) is 0.286. The number of fused-ring (bicyclic) bond motifs is 1. The van der Waals surface area contributed by atoms with E-state index >= 15 is 0 Å². The lowest BCUT2D eigenvalue weighted by molar-refractivity contribution is 0.0688. The van der Waals surface area contributed by atoms with Gasteiger partial charge in [-0.3, -0.25) is 4.98 Å². The molecule has 20 heavy (non-hydrogen) atoms. The summed E-state index contributed by atoms with van der Waals surface area (Å²) in [6.45, 7) is 3.24. The molecule has 0 saturated heterocycles. The number of rotatable bonds is 2. The number of aromatic nitrogens is 3. The molecule has 2 N–H and O–H groups in total. The van der Waals surface area contributed by atoms with Gasteiger partial charge in [0, 0.05) is 30.1 Å². The van der Waals surface area contributed by atoms with Gasteiger partial charge in [-0.1, -0.05) is 0 Å². The Morgan fingerprint density at radius 2 is 2.25 bits per heavy atom. The first-order chi connectivity index (χ1) is 9.66. The number of nitrogens with zero attached hydrogens (tertiary/aromatic N) is 3. The summed E-state index contributed by atoms with van der Waals surface area (Å²) >= 11 is 0. The first-order valence-corrected chi connectivity index (χ1v) is 6.41. The van der Waals surface area contributed by atoms with Gasteiger partial charge in [0.05, 0.1) is 5.69 Å². The van der Waals surface area contributed by atoms with E-state index in [1.165, 1.54) is 0 Å². The summed E-state index contributed by atoms with van der Waals surface area (Å²) in [5, 5.41) is 12.6. The van der Waals surface area contributed by atoms with Crippen molar-refractivity contribution in [3.8, 4) is 11.4 Å². The number of pyridine rings is 1. The maximum Gasteiger partial charge on any atom is 0.354 e. The lowest BCUT2D eigenvalue weighted by atomic mass is 10.0. The van der Waals surface area contributed by atoms with E-state index in [-0.39, 0.29) is 5.69 Å². The van der Waals surface area contributed by atoms with Crippen molar-refractivity contribution in [3.05, 3.63) is 41.0 Å². The second-order valence-electron chi connectivity index (χ2n) is 4.74. The smallest absolute Gasteiger partial charge is 0.354 e. The van der Waals surface area contributed by atoms with Crippen molar-refractivity contribution in [1.82, 2.24) is 20.3 Å². The second-order valence-corrected chi connectivity index (χ2v) is 4.74. The Hall–Kier alpha value is -2.34. The van der Waals surface area contributed by atoms with Gasteiger partial charge < -0.3 is 10.4 Å². The summed E-state index contributed by atoms with van der Waals surface area (Å²) in [5.41, 5.74) is 3.37. The van der Waals surface area contributed by atoms with E-state index in [0.717, 1.165) is 28.9 Å². The highest BCUT2D eigenvalue weighted by Crippen LogP contribution is 2.23. The molecule has 0 fully saturated rings. The summed E-state index contributed by atoms with van der Waals surface area (Å²) in [6, 6.07) is 1.80. The Labute approximate surface area is 115 Å². The molecule has 3 rings (SSSR count). The molecule has 0 bridgehead atoms. The van der Waals surface area contributed by atoms with E-state index < -0.39 is 5.97 Å². The second kappa shape index (κ2) is 4.97. The van der Waals surface area contributed by atoms with Crippen molar-refractivity contribution in [2.75, 3.05) is 6.54 Å². The third kappa shape index (κ3) is 2.14. The van der Waals surface area contributed by atoms with Crippen molar-refractivity contribution >= 4 is 5.97 Å². The molecule has 6 heteroatoms. The summed E-state index contributed by atoms with van der Waals surface area (Å²) < 4.78 is 0. The number of hydrogen-bond acceptors (Lipinski definition) is 5. The topological polar surface area (TPSA) is 88.0 Å². The van der Waals surface area contributed by atoms with Crippen LogP contribution in [0.15, 0.2) is 18.5 Å². The number of carboxylic acid groups (broad SMARTS) is 1. The van der Waals surface area contributed by atoms with Gasteiger partial charge in [-0.25, -0.2) is 14.8 Å². The zero-order chi connectivity index (χ0) is 14.1. The molecule has 102 valence electrons. The number of aryl methyl sites for hydroxylation is 1. The van der Waals surface area contributed by atoms with Crippen molar-refractivity contribution < 1.29 is 9.90 Å². The summed E-state index contributed by atoms with van der Waals surface area (Å²) in [4.78, 5) is 24.2. The lowest BCUT2D eigenvalue weighted by Crippen LogP contribution is -2.27. The summed E-state index contributed by atoms with van der Waals surface area (Å²) in [7, 11) is 0. The molecule has 0 saturated carbocycles. The van der Waals surface area contributed by atoms with Crippen LogP contribution in [0.3, 0.4) is 0 Å². The first kappa shape index (κ1) is 12.7. The van der Waals surface area contributed by atoms with Crippen LogP contribution in [0.25, 0.3) is 11.4 Å². The van der Waals surface area contributed by atoms with E-state index in [1.54, 1.807) is 18.5 Å². The fourth-order valence-corrected chi connectivity index (χ4v) is 2.38. The zero-order valence-corrected chi connectivity index (χ0v) is 11.1. The molecule has 2 aromatic heterocycles. The van der Waals surface area contributed by atoms with Gasteiger partial charge in [0.15, 0.2) is 11.5 Å². The maximum atomic E-state index is 11.4. The molecule has 0 radical (unpaired) electrons. The van der Waals surface area contributed by atoms with E-state index in [4.69, 9.17) is 0 Å². The Morgan fingerprint density at radius 1 is 1.40 bits per heavy atom. The molecule has 2 aromatic rings. The van der Waals surface area contributed by atoms with Crippen molar-refractivity contribution in [3.63, 3.8) is 0 Å². The van der Waals surface area contributed by atoms with Crippen LogP contribution in [0, 0.1) is 6.92 Å². The van der Waals surface area contributed by atoms with E-state index in [0.29, 0.717) is 18.8 Å². The van der Waals surface area contributed by atoms with E-state index in [1.807, 2.05) is 6.92 Å². The number of hydrogen-bond donors (Lipinski definition) is 2. The molecular weight excluding hydrogens is 256 g/mol. The van der Waals surface area contributed by atoms with Crippen molar-refractivity contribution in [1.29, 1.82) is 0 Å². The van der Waals surface area contributed by atoms with E-state index in [9.17, 15) is 9.90 Å². The van der Waals surface area contributed by atoms with Crippen LogP contribution in [0.2, 0.25) is 0 Å². The minimum atomic E-state index is -1.00. The summed E-state index contributed by atoms with van der Waals surface area (Å²) in [6.07, 6.45) is 4.02. The van der Waals surface area contributed by atoms with E-state index in [2.05, 4.69) is 20.3 Å². The van der Waals surface area contributed by atoms with Crippen molar-refractivity contribution in [2.45, 2.75) is 19.9 Å². The zero-order valence-electron chi connectivity index (χ0n) is 11.1. The molecule has 0 spiro atoms. The predicted molar refractivity (Wildman–Crippen MR) is 72.4 cm³/mol. The van der Waals surface area contributed by atoms with Gasteiger partial charge in [0.2, 0.25) is 0 Å². The molecule has 3 heterocycles. The molecular formula is C14H14N4O2. The monoisotopic (exact) mass is 270 g/mol. The Balaban J connectivity index is 2.20. The Bertz CT molecular complexity index is 685. The third-order valence-corrected chi connectivity index (χ3v) is 3.40. The van der Waals surface area contributed by atoms with Gasteiger partial charge in [0.1, 0.15) is 0 Å². The number of nitrogens with one attached hydrogen (secondary N) is 1. The molecule has 1 aliphatic heterocycles. The maximum absolute atomic E-state index is 11.4. The highest BCUT2D eigenvalue weighted by molar-refractivity contribution is 5.88. The van der Waals surface area contributed by atoms with Crippen LogP contribution in [0.4, 0.5) is 0 Å². The summed E-state index contributed by atoms with van der Waals surface area (Å²) in [5.74, 6) is -0.553. The highest BCUT2D eigenvalue weighted by atomic mass is 16.4. The van der Waals surface area contributed by atoms with Gasteiger partial charge in [-0.2, -0.15) is 0 Å². The number of carbonyl (C=O) groups is 1. The molecule has 0 aromatic carbocycles. The number of carboxylic acids is 1. The van der Waals surface area contributed by atoms with Crippen molar-refractivity contribution in [2.24, 2.45) is 0 Å². The van der Waals surface area contributed by atoms with Crippen LogP contribution >= 0.6 is 0 Å². The normalized spacial score (nSPS) is 13.8. The highest BCUT2D eigenvalue weighted by Gasteiger charge is 2.22. The van der Waals surface area contributed by atoms with Gasteiger partial charge >= 0.3 is 5.97 Å². The minimum Gasteiger partial charge on any atom is -0.476 e. The van der Waals surface area contributed by atoms with Crippen LogP contribution in [0.5, 0.6) is 0 Å². The van der Waals surface area contributed by atoms with Crippen LogP contribution in [-0.4, -0.2) is 32.6 Å². The average molecular weight is 270 g/mol. The molecule has 0 unspecified atom stereocenters. The SMILES string of the molecule is Cc1cnccc1-c1nc2c(c(C(=O)O)n1)CCNC2. The largest absolute Gasteiger partial charge is 0.476 e. The number of aromatic carboxylic acids is 1. The van der Waals surface area contributed by atoms with Gasteiger partial charge in [0.25, 0.3) is 0 Å². The standard InChI is InChI=1S/C14H14N4O2/c1-8-6-15-4-2-9(8)13-17-11-7-16-5-3-10(11)12(18-13)14(19)20/h2,4,6,16H,3,5,7H2,1H3,(H,19,20). The molecule has 0 amide bonds. The Kier molecular flexibility index (Phi) is 3.15. The van der Waals surface area contributed by atoms with Crippen LogP contribution < -0.4 is 5.32 Å². The molecule has 0 aliphatic carbocycles. The van der Waals surface area contributed by atoms with Gasteiger partial charge in [-0.05, 0) is 31.5 Å². The lowest BCUT2D eigenvalue weighted by Gasteiger charge is -2.18. The Morgan fingerprint density at radius 3 is 3.00 bits per heavy atom. The molecule has 0 atom stereocenters. The minimum absolute atomic E-state index is 0.114. The van der Waals surface area contributed by atoms with Gasteiger partial charge in [-0.15, -0.1) is 0 Å². The molecule has 6 nitrogen and oxygen atoms in total. The predicted octanol–water partition coefficient (Wildman–Crippen LogP) is 1.19. The average Bonchev–Trinajstić information content (AvgIpc) is 2.46.